The minimum Gasteiger partial charge on any atom is -0.324 e. The largest absolute Gasteiger partial charge is 0.324 e. The fourth-order valence-corrected chi connectivity index (χ4v) is 2.16. The van der Waals surface area contributed by atoms with Crippen molar-refractivity contribution >= 4 is 11.6 Å². The smallest absolute Gasteiger partial charge is 0.0456 e. The van der Waals surface area contributed by atoms with Crippen LogP contribution in [0.25, 0.3) is 0 Å². The summed E-state index contributed by atoms with van der Waals surface area (Å²) in [6.45, 7) is 1.93. The Kier molecular flexibility index (Phi) is 3.77. The quantitative estimate of drug-likeness (QED) is 0.902. The summed E-state index contributed by atoms with van der Waals surface area (Å²) in [5.41, 5.74) is 9.23. The maximum Gasteiger partial charge on any atom is 0.0456 e. The molecule has 1 aromatic carbocycles. The van der Waals surface area contributed by atoms with E-state index in [1.54, 1.807) is 12.4 Å². The van der Waals surface area contributed by atoms with Gasteiger partial charge in [0.05, 0.1) is 0 Å². The van der Waals surface area contributed by atoms with E-state index >= 15 is 0 Å². The molecule has 0 radical (unpaired) electrons. The number of aromatic nitrogens is 1. The van der Waals surface area contributed by atoms with Gasteiger partial charge < -0.3 is 5.73 Å². The molecule has 1 heterocycles. The van der Waals surface area contributed by atoms with Crippen LogP contribution < -0.4 is 5.73 Å². The molecule has 0 aliphatic rings. The summed E-state index contributed by atoms with van der Waals surface area (Å²) in [5, 5.41) is 0.742. The molecule has 0 bridgehead atoms. The molecule has 1 unspecified atom stereocenters. The second-order valence-corrected chi connectivity index (χ2v) is 4.58. The van der Waals surface area contributed by atoms with Crippen LogP contribution in [0.4, 0.5) is 0 Å². The molecule has 3 heteroatoms. The van der Waals surface area contributed by atoms with Crippen molar-refractivity contribution in [2.75, 3.05) is 0 Å². The van der Waals surface area contributed by atoms with E-state index in [4.69, 9.17) is 17.3 Å². The number of hydrogen-bond donors (Lipinski definition) is 1. The normalized spacial score (nSPS) is 12.4. The number of hydrogen-bond acceptors (Lipinski definition) is 2. The van der Waals surface area contributed by atoms with Crippen molar-refractivity contribution in [3.63, 3.8) is 0 Å². The van der Waals surface area contributed by atoms with E-state index in [2.05, 4.69) is 11.1 Å². The van der Waals surface area contributed by atoms with Gasteiger partial charge in [-0.05, 0) is 48.2 Å². The van der Waals surface area contributed by atoms with Crippen molar-refractivity contribution in [1.82, 2.24) is 4.98 Å². The number of benzene rings is 1. The predicted octanol–water partition coefficient (Wildman–Crippen LogP) is 3.35. The SMILES string of the molecule is CC(N)c1ccc(Cc2ccncc2)cc1Cl. The Labute approximate surface area is 106 Å². The van der Waals surface area contributed by atoms with E-state index in [9.17, 15) is 0 Å². The zero-order valence-electron chi connectivity index (χ0n) is 9.73. The first-order valence-electron chi connectivity index (χ1n) is 5.59. The molecular formula is C14H15ClN2. The Hall–Kier alpha value is -1.38. The Morgan fingerprint density at radius 1 is 1.18 bits per heavy atom. The van der Waals surface area contributed by atoms with Gasteiger partial charge in [-0.15, -0.1) is 0 Å². The Morgan fingerprint density at radius 2 is 1.88 bits per heavy atom. The molecule has 0 aliphatic carbocycles. The van der Waals surface area contributed by atoms with E-state index < -0.39 is 0 Å². The third kappa shape index (κ3) is 3.05. The number of nitrogens with two attached hydrogens (primary N) is 1. The minimum atomic E-state index is -0.0301. The second-order valence-electron chi connectivity index (χ2n) is 4.18. The monoisotopic (exact) mass is 246 g/mol. The average Bonchev–Trinajstić information content (AvgIpc) is 2.30. The molecular weight excluding hydrogens is 232 g/mol. The van der Waals surface area contributed by atoms with Crippen LogP contribution in [0, 0.1) is 0 Å². The molecule has 0 fully saturated rings. The highest BCUT2D eigenvalue weighted by molar-refractivity contribution is 6.31. The molecule has 0 spiro atoms. The van der Waals surface area contributed by atoms with Crippen molar-refractivity contribution in [1.29, 1.82) is 0 Å². The maximum absolute atomic E-state index is 6.20. The summed E-state index contributed by atoms with van der Waals surface area (Å²) in [5.74, 6) is 0. The Balaban J connectivity index is 2.21. The van der Waals surface area contributed by atoms with Gasteiger partial charge in [-0.1, -0.05) is 23.7 Å². The first-order chi connectivity index (χ1) is 8.16. The van der Waals surface area contributed by atoms with Gasteiger partial charge >= 0.3 is 0 Å². The molecule has 0 amide bonds. The maximum atomic E-state index is 6.20. The summed E-state index contributed by atoms with van der Waals surface area (Å²) in [6, 6.07) is 10.0. The molecule has 88 valence electrons. The standard InChI is InChI=1S/C14H15ClN2/c1-10(16)13-3-2-12(9-14(13)15)8-11-4-6-17-7-5-11/h2-7,9-10H,8,16H2,1H3. The van der Waals surface area contributed by atoms with E-state index in [-0.39, 0.29) is 6.04 Å². The van der Waals surface area contributed by atoms with Gasteiger partial charge in [0, 0.05) is 23.5 Å². The van der Waals surface area contributed by atoms with Crippen LogP contribution in [0.5, 0.6) is 0 Å². The van der Waals surface area contributed by atoms with Crippen LogP contribution in [-0.4, -0.2) is 4.98 Å². The second kappa shape index (κ2) is 5.30. The highest BCUT2D eigenvalue weighted by Crippen LogP contribution is 2.23. The molecule has 0 saturated heterocycles. The summed E-state index contributed by atoms with van der Waals surface area (Å²) < 4.78 is 0. The van der Waals surface area contributed by atoms with Crippen LogP contribution in [0.1, 0.15) is 29.7 Å². The van der Waals surface area contributed by atoms with Gasteiger partial charge in [-0.3, -0.25) is 4.98 Å². The topological polar surface area (TPSA) is 38.9 Å². The van der Waals surface area contributed by atoms with Gasteiger partial charge in [0.2, 0.25) is 0 Å². The Morgan fingerprint density at radius 3 is 2.47 bits per heavy atom. The first kappa shape index (κ1) is 12.1. The van der Waals surface area contributed by atoms with Gasteiger partial charge in [-0.25, -0.2) is 0 Å². The lowest BCUT2D eigenvalue weighted by atomic mass is 10.0. The summed E-state index contributed by atoms with van der Waals surface area (Å²) in [4.78, 5) is 4.00. The molecule has 17 heavy (non-hydrogen) atoms. The van der Waals surface area contributed by atoms with Gasteiger partial charge in [0.25, 0.3) is 0 Å². The van der Waals surface area contributed by atoms with Crippen LogP contribution in [0.2, 0.25) is 5.02 Å². The van der Waals surface area contributed by atoms with Crippen LogP contribution in [0.15, 0.2) is 42.7 Å². The zero-order valence-corrected chi connectivity index (χ0v) is 10.5. The lowest BCUT2D eigenvalue weighted by Crippen LogP contribution is -2.05. The molecule has 2 aromatic rings. The summed E-state index contributed by atoms with van der Waals surface area (Å²) >= 11 is 6.20. The molecule has 2 rings (SSSR count). The van der Waals surface area contributed by atoms with E-state index in [0.29, 0.717) is 0 Å². The average molecular weight is 247 g/mol. The van der Waals surface area contributed by atoms with E-state index in [1.807, 2.05) is 31.2 Å². The number of rotatable bonds is 3. The molecule has 0 saturated carbocycles. The van der Waals surface area contributed by atoms with E-state index in [1.165, 1.54) is 11.1 Å². The Bertz CT molecular complexity index is 495. The zero-order chi connectivity index (χ0) is 12.3. The molecule has 2 N–H and O–H groups in total. The summed E-state index contributed by atoms with van der Waals surface area (Å²) in [7, 11) is 0. The minimum absolute atomic E-state index is 0.0301. The fourth-order valence-electron chi connectivity index (χ4n) is 1.79. The van der Waals surface area contributed by atoms with Crippen molar-refractivity contribution < 1.29 is 0 Å². The van der Waals surface area contributed by atoms with Crippen molar-refractivity contribution in [2.24, 2.45) is 5.73 Å². The van der Waals surface area contributed by atoms with Gasteiger partial charge in [-0.2, -0.15) is 0 Å². The van der Waals surface area contributed by atoms with Crippen molar-refractivity contribution in [2.45, 2.75) is 19.4 Å². The van der Waals surface area contributed by atoms with Crippen molar-refractivity contribution in [3.05, 3.63) is 64.4 Å². The number of nitrogens with zero attached hydrogens (tertiary/aromatic N) is 1. The molecule has 0 aliphatic heterocycles. The molecule has 1 atom stereocenters. The van der Waals surface area contributed by atoms with Crippen LogP contribution in [-0.2, 0) is 6.42 Å². The van der Waals surface area contributed by atoms with Gasteiger partial charge in [0.1, 0.15) is 0 Å². The van der Waals surface area contributed by atoms with Crippen LogP contribution >= 0.6 is 11.6 Å². The summed E-state index contributed by atoms with van der Waals surface area (Å²) in [6.07, 6.45) is 4.46. The predicted molar refractivity (Wildman–Crippen MR) is 71.1 cm³/mol. The number of pyridine rings is 1. The van der Waals surface area contributed by atoms with Crippen LogP contribution in [0.3, 0.4) is 0 Å². The third-order valence-electron chi connectivity index (χ3n) is 2.71. The highest BCUT2D eigenvalue weighted by atomic mass is 35.5. The number of halogens is 1. The highest BCUT2D eigenvalue weighted by Gasteiger charge is 2.06. The van der Waals surface area contributed by atoms with Gasteiger partial charge in [0.15, 0.2) is 0 Å². The molecule has 2 nitrogen and oxygen atoms in total. The molecule has 1 aromatic heterocycles. The fraction of sp³-hybridized carbons (Fsp3) is 0.214. The van der Waals surface area contributed by atoms with E-state index in [0.717, 1.165) is 17.0 Å². The lowest BCUT2D eigenvalue weighted by molar-refractivity contribution is 0.817. The lowest BCUT2D eigenvalue weighted by Gasteiger charge is -2.10. The first-order valence-corrected chi connectivity index (χ1v) is 5.97. The van der Waals surface area contributed by atoms with Crippen molar-refractivity contribution in [3.8, 4) is 0 Å². The third-order valence-corrected chi connectivity index (χ3v) is 3.04.